The number of nitrogens with one attached hydrogen (secondary N) is 3. The largest absolute Gasteiger partial charge is 0.448 e. The Hall–Kier alpha value is -3.23. The van der Waals surface area contributed by atoms with Gasteiger partial charge >= 0.3 is 6.03 Å². The Balaban J connectivity index is 1.34. The number of hydrogen-bond acceptors (Lipinski definition) is 5. The minimum Gasteiger partial charge on any atom is -0.448 e. The van der Waals surface area contributed by atoms with Crippen molar-refractivity contribution in [1.29, 1.82) is 0 Å². The molecule has 4 rings (SSSR count). The summed E-state index contributed by atoms with van der Waals surface area (Å²) in [5.74, 6) is 0.497. The van der Waals surface area contributed by atoms with E-state index in [4.69, 9.17) is 16.0 Å². The number of anilines is 1. The molecule has 0 radical (unpaired) electrons. The lowest BCUT2D eigenvalue weighted by atomic mass is 10.3. The number of benzene rings is 2. The molecule has 2 amide bonds. The van der Waals surface area contributed by atoms with Gasteiger partial charge in [0.1, 0.15) is 5.76 Å². The van der Waals surface area contributed by atoms with Gasteiger partial charge in [-0.3, -0.25) is 0 Å². The van der Waals surface area contributed by atoms with Crippen LogP contribution in [0.15, 0.2) is 80.4 Å². The summed E-state index contributed by atoms with van der Waals surface area (Å²) in [5.41, 5.74) is 4.72. The molecule has 2 aromatic carbocycles. The average molecular weight is 412 g/mol. The number of H-pyrrole nitrogens is 1. The van der Waals surface area contributed by atoms with Crippen LogP contribution in [0.2, 0.25) is 5.02 Å². The van der Waals surface area contributed by atoms with E-state index in [1.807, 2.05) is 30.3 Å². The molecular weight excluding hydrogens is 398 g/mol. The van der Waals surface area contributed by atoms with Crippen LogP contribution in [0.25, 0.3) is 11.0 Å². The molecule has 0 atom stereocenters. The molecule has 0 fully saturated rings. The standard InChI is InChI=1S/C19H14ClN5O2S/c20-13-5-1-2-6-14(13)22-18(26)25-21-11-12-9-10-17(27-12)28-19-23-15-7-3-4-8-16(15)24-19/h1-11H,(H,23,24)(H2,22,25,26)/b21-11+. The zero-order chi connectivity index (χ0) is 19.3. The third-order valence-corrected chi connectivity index (χ3v) is 4.78. The maximum Gasteiger partial charge on any atom is 0.339 e. The first-order valence-electron chi connectivity index (χ1n) is 8.24. The van der Waals surface area contributed by atoms with E-state index in [-0.39, 0.29) is 0 Å². The topological polar surface area (TPSA) is 95.3 Å². The molecule has 0 spiro atoms. The molecule has 7 nitrogen and oxygen atoms in total. The molecular formula is C19H14ClN5O2S. The van der Waals surface area contributed by atoms with E-state index in [1.54, 1.807) is 30.3 Å². The van der Waals surface area contributed by atoms with Crippen molar-refractivity contribution in [3.8, 4) is 0 Å². The number of para-hydroxylation sites is 3. The summed E-state index contributed by atoms with van der Waals surface area (Å²) < 4.78 is 5.66. The van der Waals surface area contributed by atoms with Gasteiger partial charge in [0, 0.05) is 0 Å². The van der Waals surface area contributed by atoms with Crippen molar-refractivity contribution >= 4 is 52.3 Å². The van der Waals surface area contributed by atoms with Gasteiger partial charge in [-0.1, -0.05) is 35.9 Å². The number of rotatable bonds is 5. The number of halogens is 1. The van der Waals surface area contributed by atoms with Crippen LogP contribution in [0.1, 0.15) is 5.76 Å². The van der Waals surface area contributed by atoms with Crippen molar-refractivity contribution in [2.75, 3.05) is 5.32 Å². The number of amides is 2. The van der Waals surface area contributed by atoms with E-state index in [9.17, 15) is 4.79 Å². The summed E-state index contributed by atoms with van der Waals surface area (Å²) in [4.78, 5) is 19.6. The highest BCUT2D eigenvalue weighted by Gasteiger charge is 2.08. The van der Waals surface area contributed by atoms with Gasteiger partial charge < -0.3 is 14.7 Å². The fourth-order valence-electron chi connectivity index (χ4n) is 2.40. The minimum atomic E-state index is -0.507. The zero-order valence-corrected chi connectivity index (χ0v) is 15.9. The molecule has 0 saturated heterocycles. The number of nitrogens with zero attached hydrogens (tertiary/aromatic N) is 2. The number of fused-ring (bicyclic) bond motifs is 1. The highest BCUT2D eigenvalue weighted by molar-refractivity contribution is 7.99. The highest BCUT2D eigenvalue weighted by atomic mass is 35.5. The van der Waals surface area contributed by atoms with Crippen molar-refractivity contribution in [3.63, 3.8) is 0 Å². The molecule has 4 aromatic rings. The first-order valence-corrected chi connectivity index (χ1v) is 9.44. The number of urea groups is 1. The van der Waals surface area contributed by atoms with E-state index >= 15 is 0 Å². The van der Waals surface area contributed by atoms with Crippen LogP contribution in [0.3, 0.4) is 0 Å². The van der Waals surface area contributed by atoms with Gasteiger partial charge in [-0.15, -0.1) is 0 Å². The number of hydrogen-bond donors (Lipinski definition) is 3. The molecule has 2 aromatic heterocycles. The van der Waals surface area contributed by atoms with Crippen LogP contribution in [-0.2, 0) is 0 Å². The van der Waals surface area contributed by atoms with E-state index in [0.717, 1.165) is 16.2 Å². The third-order valence-electron chi connectivity index (χ3n) is 3.65. The van der Waals surface area contributed by atoms with E-state index in [0.29, 0.717) is 21.6 Å². The van der Waals surface area contributed by atoms with Crippen molar-refractivity contribution in [2.24, 2.45) is 5.10 Å². The van der Waals surface area contributed by atoms with Crippen molar-refractivity contribution in [3.05, 3.63) is 71.4 Å². The molecule has 2 heterocycles. The normalized spacial score (nSPS) is 11.2. The number of aromatic amines is 1. The summed E-state index contributed by atoms with van der Waals surface area (Å²) in [5, 5.41) is 8.30. The third kappa shape index (κ3) is 4.36. The lowest BCUT2D eigenvalue weighted by Gasteiger charge is -2.05. The molecule has 140 valence electrons. The average Bonchev–Trinajstić information content (AvgIpc) is 3.30. The Bertz CT molecular complexity index is 1120. The first-order chi connectivity index (χ1) is 13.7. The second kappa shape index (κ2) is 8.20. The fourth-order valence-corrected chi connectivity index (χ4v) is 3.35. The Kier molecular flexibility index (Phi) is 5.31. The van der Waals surface area contributed by atoms with Crippen molar-refractivity contribution in [2.45, 2.75) is 10.2 Å². The van der Waals surface area contributed by atoms with Crippen LogP contribution in [0.5, 0.6) is 0 Å². The molecule has 0 aliphatic heterocycles. The van der Waals surface area contributed by atoms with E-state index < -0.39 is 6.03 Å². The van der Waals surface area contributed by atoms with Crippen LogP contribution in [0.4, 0.5) is 10.5 Å². The van der Waals surface area contributed by atoms with Gasteiger partial charge in [-0.25, -0.2) is 15.2 Å². The minimum absolute atomic E-state index is 0.444. The molecule has 0 aliphatic rings. The quantitative estimate of drug-likeness (QED) is 0.314. The Morgan fingerprint density at radius 2 is 1.96 bits per heavy atom. The van der Waals surface area contributed by atoms with Gasteiger partial charge in [0.05, 0.1) is 28.0 Å². The van der Waals surface area contributed by atoms with Gasteiger partial charge in [0.25, 0.3) is 0 Å². The maximum atomic E-state index is 11.8. The van der Waals surface area contributed by atoms with Crippen LogP contribution in [-0.4, -0.2) is 22.2 Å². The Morgan fingerprint density at radius 3 is 2.82 bits per heavy atom. The monoisotopic (exact) mass is 411 g/mol. The molecule has 3 N–H and O–H groups in total. The number of carbonyl (C=O) groups excluding carboxylic acids is 1. The zero-order valence-electron chi connectivity index (χ0n) is 14.3. The number of carbonyl (C=O) groups is 1. The van der Waals surface area contributed by atoms with Crippen LogP contribution < -0.4 is 10.7 Å². The Morgan fingerprint density at radius 1 is 1.14 bits per heavy atom. The number of furan rings is 1. The molecule has 28 heavy (non-hydrogen) atoms. The summed E-state index contributed by atoms with van der Waals surface area (Å²) in [6, 6.07) is 17.8. The number of hydrazone groups is 1. The number of imidazole rings is 1. The molecule has 9 heteroatoms. The maximum absolute atomic E-state index is 11.8. The van der Waals surface area contributed by atoms with Gasteiger partial charge in [0.15, 0.2) is 10.2 Å². The highest BCUT2D eigenvalue weighted by Crippen LogP contribution is 2.28. The summed E-state index contributed by atoms with van der Waals surface area (Å²) in [6.45, 7) is 0. The van der Waals surface area contributed by atoms with E-state index in [1.165, 1.54) is 18.0 Å². The second-order valence-electron chi connectivity index (χ2n) is 5.62. The summed E-state index contributed by atoms with van der Waals surface area (Å²) in [7, 11) is 0. The number of aromatic nitrogens is 2. The van der Waals surface area contributed by atoms with Gasteiger partial charge in [-0.2, -0.15) is 5.10 Å². The summed E-state index contributed by atoms with van der Waals surface area (Å²) >= 11 is 7.36. The molecule has 0 aliphatic carbocycles. The molecule has 0 unspecified atom stereocenters. The van der Waals surface area contributed by atoms with E-state index in [2.05, 4.69) is 25.8 Å². The smallest absolute Gasteiger partial charge is 0.339 e. The van der Waals surface area contributed by atoms with Crippen molar-refractivity contribution < 1.29 is 9.21 Å². The van der Waals surface area contributed by atoms with Crippen LogP contribution in [0, 0.1) is 0 Å². The predicted molar refractivity (Wildman–Crippen MR) is 110 cm³/mol. The van der Waals surface area contributed by atoms with Crippen molar-refractivity contribution in [1.82, 2.24) is 15.4 Å². The predicted octanol–water partition coefficient (Wildman–Crippen LogP) is 5.12. The van der Waals surface area contributed by atoms with Crippen LogP contribution >= 0.6 is 23.4 Å². The molecule has 0 bridgehead atoms. The summed E-state index contributed by atoms with van der Waals surface area (Å²) in [6.07, 6.45) is 1.41. The second-order valence-corrected chi connectivity index (χ2v) is 7.02. The fraction of sp³-hybridized carbons (Fsp3) is 0. The lowest BCUT2D eigenvalue weighted by Crippen LogP contribution is -2.24. The molecule has 0 saturated carbocycles. The first kappa shape index (κ1) is 18.1. The van der Waals surface area contributed by atoms with Gasteiger partial charge in [-0.05, 0) is 48.2 Å². The van der Waals surface area contributed by atoms with Gasteiger partial charge in [0.2, 0.25) is 0 Å². The SMILES string of the molecule is O=C(N/N=C/c1ccc(Sc2nc3ccccc3[nH]2)o1)Nc1ccccc1Cl. The lowest BCUT2D eigenvalue weighted by molar-refractivity contribution is 0.252. The Labute approximate surface area is 169 Å².